The van der Waals surface area contributed by atoms with Gasteiger partial charge < -0.3 is 4.74 Å². The first-order chi connectivity index (χ1) is 17.5. The minimum absolute atomic E-state index is 0.0116. The Morgan fingerprint density at radius 3 is 1.86 bits per heavy atom. The highest BCUT2D eigenvalue weighted by atomic mass is 19.4. The predicted octanol–water partition coefficient (Wildman–Crippen LogP) is 8.78. The van der Waals surface area contributed by atoms with Crippen LogP contribution in [0.5, 0.6) is 5.75 Å². The third-order valence-electron chi connectivity index (χ3n) is 9.34. The van der Waals surface area contributed by atoms with Gasteiger partial charge in [0.25, 0.3) is 0 Å². The number of halogens is 4. The number of hydrogen-bond donors (Lipinski definition) is 0. The molecule has 1 aromatic rings. The van der Waals surface area contributed by atoms with Gasteiger partial charge in [0.05, 0.1) is 5.92 Å². The molecule has 3 aliphatic carbocycles. The molecule has 1 aromatic carbocycles. The van der Waals surface area contributed by atoms with Crippen molar-refractivity contribution in [1.82, 2.24) is 0 Å². The van der Waals surface area contributed by atoms with Crippen molar-refractivity contribution >= 4 is 11.8 Å². The first kappa shape index (κ1) is 28.1. The van der Waals surface area contributed by atoms with E-state index in [9.17, 15) is 22.8 Å². The van der Waals surface area contributed by atoms with Gasteiger partial charge in [0.1, 0.15) is 5.56 Å². The van der Waals surface area contributed by atoms with Crippen molar-refractivity contribution in [2.45, 2.75) is 103 Å². The number of carbonyl (C=O) groups is 2. The van der Waals surface area contributed by atoms with Crippen molar-refractivity contribution in [3.8, 4) is 5.75 Å². The van der Waals surface area contributed by atoms with E-state index in [2.05, 4.69) is 13.8 Å². The Morgan fingerprint density at radius 2 is 1.32 bits per heavy atom. The van der Waals surface area contributed by atoms with Crippen molar-refractivity contribution in [2.75, 3.05) is 0 Å². The average molecular weight is 525 g/mol. The Bertz CT molecular complexity index is 948. The summed E-state index contributed by atoms with van der Waals surface area (Å²) in [7, 11) is 0. The number of hydrogen-bond acceptors (Lipinski definition) is 3. The molecular formula is C30H40F4O3. The lowest BCUT2D eigenvalue weighted by atomic mass is 9.69. The number of Topliss-reactive ketones (excluding diaryl/α,β-unsaturated/α-hetero) is 1. The minimum atomic E-state index is -5.08. The van der Waals surface area contributed by atoms with Gasteiger partial charge in [-0.15, -0.1) is 0 Å². The van der Waals surface area contributed by atoms with Crippen molar-refractivity contribution in [3.63, 3.8) is 0 Å². The molecule has 0 spiro atoms. The largest absolute Gasteiger partial charge is 0.423 e. The van der Waals surface area contributed by atoms with Gasteiger partial charge in [-0.1, -0.05) is 39.5 Å². The molecule has 7 heteroatoms. The Balaban J connectivity index is 1.40. The quantitative estimate of drug-likeness (QED) is 0.162. The van der Waals surface area contributed by atoms with Gasteiger partial charge in [-0.2, -0.15) is 13.2 Å². The van der Waals surface area contributed by atoms with Crippen molar-refractivity contribution in [2.24, 2.45) is 35.5 Å². The molecule has 0 amide bonds. The van der Waals surface area contributed by atoms with Crippen LogP contribution >= 0.6 is 0 Å². The van der Waals surface area contributed by atoms with Crippen LogP contribution in [0.4, 0.5) is 17.6 Å². The van der Waals surface area contributed by atoms with Crippen LogP contribution in [0.2, 0.25) is 0 Å². The lowest BCUT2D eigenvalue weighted by Gasteiger charge is -2.36. The summed E-state index contributed by atoms with van der Waals surface area (Å²) in [5, 5.41) is 0. The molecule has 0 aliphatic heterocycles. The Hall–Kier alpha value is -1.92. The SMILES string of the molecule is CC1CCC(CC(=O)c2ccc(OC(=O)C3CCC(C4CCC(C)CC4)CC3)c(F)c2C(F)(F)F)CC1. The minimum Gasteiger partial charge on any atom is -0.423 e. The first-order valence-corrected chi connectivity index (χ1v) is 14.2. The molecular weight excluding hydrogens is 484 g/mol. The molecule has 0 atom stereocenters. The van der Waals surface area contributed by atoms with Crippen molar-refractivity contribution in [3.05, 3.63) is 29.1 Å². The topological polar surface area (TPSA) is 43.4 Å². The number of benzene rings is 1. The zero-order valence-corrected chi connectivity index (χ0v) is 22.0. The molecule has 3 nitrogen and oxygen atoms in total. The van der Waals surface area contributed by atoms with Gasteiger partial charge >= 0.3 is 12.1 Å². The second-order valence-corrected chi connectivity index (χ2v) is 12.1. The first-order valence-electron chi connectivity index (χ1n) is 14.2. The standard InChI is InChI=1S/C30H40F4O3/c1-18-3-7-20(8-4-18)17-25(35)24-15-16-26(28(31)27(24)30(32,33)34)37-29(36)23-13-11-22(12-14-23)21-9-5-19(2)6-10-21/h15-16,18-23H,3-14,17H2,1-2H3. The molecule has 0 unspecified atom stereocenters. The highest BCUT2D eigenvalue weighted by molar-refractivity contribution is 5.98. The van der Waals surface area contributed by atoms with E-state index in [1.54, 1.807) is 0 Å². The van der Waals surface area contributed by atoms with E-state index in [0.29, 0.717) is 30.6 Å². The Kier molecular flexibility index (Phi) is 9.00. The molecule has 3 aliphatic rings. The van der Waals surface area contributed by atoms with E-state index in [1.807, 2.05) is 0 Å². The summed E-state index contributed by atoms with van der Waals surface area (Å²) in [6, 6.07) is 1.98. The van der Waals surface area contributed by atoms with Crippen LogP contribution in [0.25, 0.3) is 0 Å². The van der Waals surface area contributed by atoms with Crippen molar-refractivity contribution in [1.29, 1.82) is 0 Å². The van der Waals surface area contributed by atoms with Crippen LogP contribution in [-0.2, 0) is 11.0 Å². The third kappa shape index (κ3) is 6.94. The van der Waals surface area contributed by atoms with Gasteiger partial charge in [-0.05, 0) is 93.1 Å². The van der Waals surface area contributed by atoms with Crippen LogP contribution < -0.4 is 4.74 Å². The van der Waals surface area contributed by atoms with Crippen LogP contribution in [0.1, 0.15) is 113 Å². The highest BCUT2D eigenvalue weighted by Gasteiger charge is 2.41. The van der Waals surface area contributed by atoms with E-state index in [4.69, 9.17) is 4.74 Å². The number of alkyl halides is 3. The summed E-state index contributed by atoms with van der Waals surface area (Å²) in [6.07, 6.45) is 6.27. The molecule has 0 bridgehead atoms. The van der Waals surface area contributed by atoms with E-state index in [-0.39, 0.29) is 12.3 Å². The van der Waals surface area contributed by atoms with Gasteiger partial charge in [0.2, 0.25) is 0 Å². The van der Waals surface area contributed by atoms with Crippen molar-refractivity contribution < 1.29 is 31.9 Å². The van der Waals surface area contributed by atoms with Gasteiger partial charge in [0.15, 0.2) is 17.3 Å². The molecule has 206 valence electrons. The molecule has 3 saturated carbocycles. The molecule has 0 heterocycles. The lowest BCUT2D eigenvalue weighted by molar-refractivity contribution is -0.143. The molecule has 0 radical (unpaired) electrons. The van der Waals surface area contributed by atoms with E-state index in [1.165, 1.54) is 25.7 Å². The van der Waals surface area contributed by atoms with Gasteiger partial charge in [-0.3, -0.25) is 9.59 Å². The summed E-state index contributed by atoms with van der Waals surface area (Å²) in [6.45, 7) is 4.41. The summed E-state index contributed by atoms with van der Waals surface area (Å²) in [4.78, 5) is 25.6. The Morgan fingerprint density at radius 1 is 0.811 bits per heavy atom. The van der Waals surface area contributed by atoms with Gasteiger partial charge in [-0.25, -0.2) is 4.39 Å². The van der Waals surface area contributed by atoms with Crippen LogP contribution in [-0.4, -0.2) is 11.8 Å². The second-order valence-electron chi connectivity index (χ2n) is 12.1. The Labute approximate surface area is 217 Å². The number of esters is 1. The van der Waals surface area contributed by atoms with E-state index < -0.39 is 46.5 Å². The van der Waals surface area contributed by atoms with E-state index in [0.717, 1.165) is 56.6 Å². The fourth-order valence-electron chi connectivity index (χ4n) is 6.83. The number of rotatable bonds is 6. The summed E-state index contributed by atoms with van der Waals surface area (Å²) >= 11 is 0. The third-order valence-corrected chi connectivity index (χ3v) is 9.34. The molecule has 4 rings (SSSR count). The summed E-state index contributed by atoms with van der Waals surface area (Å²) in [5.74, 6) is -1.66. The van der Waals surface area contributed by atoms with E-state index >= 15 is 4.39 Å². The molecule has 0 aromatic heterocycles. The zero-order valence-electron chi connectivity index (χ0n) is 22.0. The monoisotopic (exact) mass is 524 g/mol. The van der Waals surface area contributed by atoms with Crippen LogP contribution in [0, 0.1) is 41.3 Å². The molecule has 3 fully saturated rings. The zero-order chi connectivity index (χ0) is 26.7. The fraction of sp³-hybridized carbons (Fsp3) is 0.733. The molecule has 37 heavy (non-hydrogen) atoms. The maximum atomic E-state index is 15.1. The average Bonchev–Trinajstić information content (AvgIpc) is 2.86. The maximum absolute atomic E-state index is 15.1. The molecule has 0 N–H and O–H groups in total. The van der Waals surface area contributed by atoms with Gasteiger partial charge in [0, 0.05) is 12.0 Å². The highest BCUT2D eigenvalue weighted by Crippen LogP contribution is 2.43. The number of carbonyl (C=O) groups excluding carboxylic acids is 2. The second kappa shape index (κ2) is 11.9. The summed E-state index contributed by atoms with van der Waals surface area (Å²) < 4.78 is 62.0. The summed E-state index contributed by atoms with van der Waals surface area (Å²) in [5.41, 5.74) is -2.30. The number of ether oxygens (including phenoxy) is 1. The fourth-order valence-corrected chi connectivity index (χ4v) is 6.83. The van der Waals surface area contributed by atoms with Crippen LogP contribution in [0.3, 0.4) is 0 Å². The normalized spacial score (nSPS) is 31.1. The number of ketones is 1. The predicted molar refractivity (Wildman–Crippen MR) is 134 cm³/mol. The van der Waals surface area contributed by atoms with Crippen LogP contribution in [0.15, 0.2) is 12.1 Å². The lowest BCUT2D eigenvalue weighted by Crippen LogP contribution is -2.30. The maximum Gasteiger partial charge on any atom is 0.420 e. The smallest absolute Gasteiger partial charge is 0.420 e. The molecule has 0 saturated heterocycles.